The van der Waals surface area contributed by atoms with E-state index in [1.165, 1.54) is 153 Å². The Labute approximate surface area is 439 Å². The van der Waals surface area contributed by atoms with Gasteiger partial charge < -0.3 is 14.5 Å². The van der Waals surface area contributed by atoms with E-state index in [2.05, 4.69) is 129 Å². The van der Waals surface area contributed by atoms with E-state index in [1.54, 1.807) is 22.5 Å². The maximum absolute atomic E-state index is 6.71. The van der Waals surface area contributed by atoms with Gasteiger partial charge in [0.2, 0.25) is 0 Å². The standard InChI is InChI=1S/C69H96N2O/c1-6-47-21-32-56(33-22-47)71-66-20-14-12-18-62(66)63-45-50(27-44-67(63)71)49-25-34-54(35-26-49)70(55-36-28-51(29-37-55)68(3,4)5)57-38-43-61-60-17-11-13-19-64(60)69(65(61)46-57,52-15-9-8-10-16-52)53-30-41-59(42-31-53)72-58-39-23-48(7-2)24-40-58/h6-7,13,19-20,27-28,30,36,39,41-42,44-45,47-49,52-54,56-57,60-65,67H,1-2,8-12,14-18,21-26,29,31-35,37-38,40,43,46H2,3-5H3. The highest BCUT2D eigenvalue weighted by Gasteiger charge is 2.65. The summed E-state index contributed by atoms with van der Waals surface area (Å²) in [5.41, 5.74) is 7.34. The number of likely N-dealkylation sites (tertiary alicyclic amines) is 1. The topological polar surface area (TPSA) is 15.7 Å². The molecule has 1 aliphatic heterocycles. The van der Waals surface area contributed by atoms with Crippen molar-refractivity contribution < 1.29 is 4.74 Å². The van der Waals surface area contributed by atoms with Gasteiger partial charge in [0.05, 0.1) is 6.04 Å². The van der Waals surface area contributed by atoms with Crippen LogP contribution in [0.4, 0.5) is 0 Å². The Morgan fingerprint density at radius 1 is 0.694 bits per heavy atom. The van der Waals surface area contributed by atoms with Crippen LogP contribution in [0.5, 0.6) is 0 Å². The minimum Gasteiger partial charge on any atom is -0.462 e. The van der Waals surface area contributed by atoms with Crippen LogP contribution in [0.25, 0.3) is 0 Å². The predicted octanol–water partition coefficient (Wildman–Crippen LogP) is 18.0. The molecule has 3 heteroatoms. The molecule has 1 saturated heterocycles. The molecule has 12 aliphatic rings. The SMILES string of the molecule is C=CC1CC=C(OC2=CCC(C3(C4CCCCC4)C4C=CCCC4C4CCC(N(C5=CC=C(C(C)(C)C)CC5)C5CCC(C6=CC7C8CCCC=C8N(C8CCC(C=C)CC8)C7C=C6)CC5)CC43)C=C2)CC1. The molecule has 6 fully saturated rings. The normalized spacial score (nSPS) is 41.0. The summed E-state index contributed by atoms with van der Waals surface area (Å²) in [7, 11) is 0. The maximum Gasteiger partial charge on any atom is 0.122 e. The summed E-state index contributed by atoms with van der Waals surface area (Å²) >= 11 is 0. The van der Waals surface area contributed by atoms with E-state index in [1.807, 2.05) is 0 Å². The molecule has 1 heterocycles. The number of nitrogens with zero attached hydrogens (tertiary/aromatic N) is 2. The minimum atomic E-state index is 0.237. The first kappa shape index (κ1) is 49.4. The molecule has 0 amide bonds. The third-order valence-corrected chi connectivity index (χ3v) is 22.8. The van der Waals surface area contributed by atoms with Crippen LogP contribution in [-0.4, -0.2) is 34.0 Å². The second-order valence-corrected chi connectivity index (χ2v) is 27.1. The molecule has 0 N–H and O–H groups in total. The van der Waals surface area contributed by atoms with E-state index in [4.69, 9.17) is 4.74 Å². The number of ether oxygens (including phenoxy) is 1. The molecule has 3 nitrogen and oxygen atoms in total. The molecule has 0 aromatic rings. The summed E-state index contributed by atoms with van der Waals surface area (Å²) in [6.45, 7) is 15.6. The van der Waals surface area contributed by atoms with Crippen LogP contribution in [0.15, 0.2) is 132 Å². The number of rotatable bonds is 11. The zero-order valence-electron chi connectivity index (χ0n) is 45.6. The molecule has 11 unspecified atom stereocenters. The van der Waals surface area contributed by atoms with Crippen LogP contribution >= 0.6 is 0 Å². The fourth-order valence-corrected chi connectivity index (χ4v) is 19.3. The lowest BCUT2D eigenvalue weighted by Gasteiger charge is -2.56. The van der Waals surface area contributed by atoms with Gasteiger partial charge in [0.1, 0.15) is 11.5 Å². The van der Waals surface area contributed by atoms with Gasteiger partial charge in [-0.1, -0.05) is 106 Å². The average Bonchev–Trinajstić information content (AvgIpc) is 3.92. The summed E-state index contributed by atoms with van der Waals surface area (Å²) in [6.07, 6.45) is 71.8. The van der Waals surface area contributed by atoms with Gasteiger partial charge in [-0.05, 0) is 242 Å². The Hall–Kier alpha value is -3.46. The summed E-state index contributed by atoms with van der Waals surface area (Å²) in [4.78, 5) is 6.16. The lowest BCUT2D eigenvalue weighted by Crippen LogP contribution is -2.52. The van der Waals surface area contributed by atoms with E-state index >= 15 is 0 Å². The third kappa shape index (κ3) is 9.17. The quantitative estimate of drug-likeness (QED) is 0.192. The third-order valence-electron chi connectivity index (χ3n) is 22.8. The molecule has 0 aromatic heterocycles. The van der Waals surface area contributed by atoms with Crippen molar-refractivity contribution >= 4 is 0 Å². The van der Waals surface area contributed by atoms with Crippen molar-refractivity contribution in [1.29, 1.82) is 0 Å². The van der Waals surface area contributed by atoms with Crippen LogP contribution < -0.4 is 0 Å². The second kappa shape index (κ2) is 20.9. The van der Waals surface area contributed by atoms with E-state index in [0.717, 1.165) is 72.9 Å². The molecular weight excluding hydrogens is 873 g/mol. The van der Waals surface area contributed by atoms with Gasteiger partial charge in [0, 0.05) is 47.8 Å². The van der Waals surface area contributed by atoms with Gasteiger partial charge in [-0.2, -0.15) is 0 Å². The number of allylic oxidation sites excluding steroid dienone is 17. The molecule has 0 radical (unpaired) electrons. The highest BCUT2D eigenvalue weighted by Crippen LogP contribution is 2.71. The lowest BCUT2D eigenvalue weighted by atomic mass is 9.50. The largest absolute Gasteiger partial charge is 0.462 e. The van der Waals surface area contributed by atoms with Gasteiger partial charge in [0.15, 0.2) is 0 Å². The summed E-state index contributed by atoms with van der Waals surface area (Å²) in [6, 6.07) is 2.57. The van der Waals surface area contributed by atoms with E-state index in [9.17, 15) is 0 Å². The highest BCUT2D eigenvalue weighted by molar-refractivity contribution is 5.38. The van der Waals surface area contributed by atoms with Crippen LogP contribution in [0.3, 0.4) is 0 Å². The minimum absolute atomic E-state index is 0.237. The second-order valence-electron chi connectivity index (χ2n) is 27.1. The van der Waals surface area contributed by atoms with E-state index in [-0.39, 0.29) is 5.41 Å². The first-order chi connectivity index (χ1) is 35.2. The van der Waals surface area contributed by atoms with Crippen LogP contribution in [0, 0.1) is 75.9 Å². The Balaban J connectivity index is 0.816. The summed E-state index contributed by atoms with van der Waals surface area (Å²) in [5, 5.41) is 0. The van der Waals surface area contributed by atoms with Crippen LogP contribution in [-0.2, 0) is 4.74 Å². The number of hydrogen-bond acceptors (Lipinski definition) is 3. The highest BCUT2D eigenvalue weighted by atomic mass is 16.5. The van der Waals surface area contributed by atoms with Crippen molar-refractivity contribution in [3.8, 4) is 0 Å². The molecule has 0 aromatic carbocycles. The molecule has 11 atom stereocenters. The van der Waals surface area contributed by atoms with Gasteiger partial charge in [-0.25, -0.2) is 0 Å². The molecular formula is C69H96N2O. The first-order valence-corrected chi connectivity index (χ1v) is 30.9. The van der Waals surface area contributed by atoms with Crippen molar-refractivity contribution in [2.45, 2.75) is 218 Å². The molecule has 388 valence electrons. The molecule has 11 aliphatic carbocycles. The van der Waals surface area contributed by atoms with Crippen molar-refractivity contribution in [3.63, 3.8) is 0 Å². The fraction of sp³-hybridized carbons (Fsp3) is 0.681. The van der Waals surface area contributed by atoms with Gasteiger partial charge in [-0.15, -0.1) is 13.2 Å². The lowest BCUT2D eigenvalue weighted by molar-refractivity contribution is -0.0431. The van der Waals surface area contributed by atoms with Crippen molar-refractivity contribution in [3.05, 3.63) is 132 Å². The monoisotopic (exact) mass is 969 g/mol. The average molecular weight is 970 g/mol. The maximum atomic E-state index is 6.71. The van der Waals surface area contributed by atoms with Crippen molar-refractivity contribution in [2.24, 2.45) is 75.9 Å². The van der Waals surface area contributed by atoms with Gasteiger partial charge in [0.25, 0.3) is 0 Å². The smallest absolute Gasteiger partial charge is 0.122 e. The zero-order chi connectivity index (χ0) is 49.0. The summed E-state index contributed by atoms with van der Waals surface area (Å²) < 4.78 is 6.71. The number of hydrogen-bond donors (Lipinski definition) is 0. The first-order valence-electron chi connectivity index (χ1n) is 30.9. The Morgan fingerprint density at radius 3 is 2.24 bits per heavy atom. The number of fused-ring (bicyclic) bond motifs is 6. The van der Waals surface area contributed by atoms with Crippen LogP contribution in [0.2, 0.25) is 0 Å². The molecule has 0 spiro atoms. The molecule has 5 saturated carbocycles. The predicted molar refractivity (Wildman–Crippen MR) is 301 cm³/mol. The Kier molecular flexibility index (Phi) is 14.4. The zero-order valence-corrected chi connectivity index (χ0v) is 45.6. The summed E-state index contributed by atoms with van der Waals surface area (Å²) in [5.74, 6) is 10.3. The van der Waals surface area contributed by atoms with Gasteiger partial charge in [-0.3, -0.25) is 0 Å². The van der Waals surface area contributed by atoms with E-state index < -0.39 is 0 Å². The van der Waals surface area contributed by atoms with Gasteiger partial charge >= 0.3 is 0 Å². The molecule has 12 rings (SSSR count). The Bertz CT molecular complexity index is 2280. The molecule has 0 bridgehead atoms. The van der Waals surface area contributed by atoms with Crippen LogP contribution in [0.1, 0.15) is 194 Å². The molecule has 72 heavy (non-hydrogen) atoms. The van der Waals surface area contributed by atoms with E-state index in [0.29, 0.717) is 53.3 Å². The fourth-order valence-electron chi connectivity index (χ4n) is 19.3. The Morgan fingerprint density at radius 2 is 1.51 bits per heavy atom. The van der Waals surface area contributed by atoms with Crippen molar-refractivity contribution in [2.75, 3.05) is 0 Å². The van der Waals surface area contributed by atoms with Crippen molar-refractivity contribution in [1.82, 2.24) is 9.80 Å².